The van der Waals surface area contributed by atoms with Crippen LogP contribution in [0.15, 0.2) is 41.3 Å². The van der Waals surface area contributed by atoms with Gasteiger partial charge in [0.2, 0.25) is 5.91 Å². The molecular formula is C14H16N4O2. The van der Waals surface area contributed by atoms with Gasteiger partial charge in [-0.3, -0.25) is 14.6 Å². The highest BCUT2D eigenvalue weighted by Gasteiger charge is 2.16. The van der Waals surface area contributed by atoms with E-state index in [1.54, 1.807) is 26.1 Å². The standard InChI is InChI=1S/C14H16N4O2/c1-10-6-7-13(19)18(17-10)11(2)14(20)16-9-12-5-3-4-8-15-12/h3-8,11H,9H2,1-2H3,(H,16,20). The van der Waals surface area contributed by atoms with E-state index in [-0.39, 0.29) is 11.5 Å². The molecule has 6 nitrogen and oxygen atoms in total. The minimum absolute atomic E-state index is 0.268. The monoisotopic (exact) mass is 272 g/mol. The van der Waals surface area contributed by atoms with Gasteiger partial charge < -0.3 is 5.32 Å². The number of nitrogens with one attached hydrogen (secondary N) is 1. The summed E-state index contributed by atoms with van der Waals surface area (Å²) in [6.45, 7) is 3.74. The Morgan fingerprint density at radius 3 is 2.85 bits per heavy atom. The maximum absolute atomic E-state index is 12.0. The summed E-state index contributed by atoms with van der Waals surface area (Å²) in [6.07, 6.45) is 1.66. The van der Waals surface area contributed by atoms with E-state index in [4.69, 9.17) is 0 Å². The molecule has 2 aromatic heterocycles. The van der Waals surface area contributed by atoms with Crippen molar-refractivity contribution in [2.45, 2.75) is 26.4 Å². The van der Waals surface area contributed by atoms with Crippen LogP contribution in [0.3, 0.4) is 0 Å². The lowest BCUT2D eigenvalue weighted by Crippen LogP contribution is -2.36. The van der Waals surface area contributed by atoms with Gasteiger partial charge in [0.1, 0.15) is 6.04 Å². The Balaban J connectivity index is 2.05. The van der Waals surface area contributed by atoms with E-state index in [1.807, 2.05) is 18.2 Å². The Bertz CT molecular complexity index is 652. The molecule has 0 aliphatic heterocycles. The number of hydrogen-bond acceptors (Lipinski definition) is 4. The fourth-order valence-corrected chi connectivity index (χ4v) is 1.74. The fraction of sp³-hybridized carbons (Fsp3) is 0.286. The number of carbonyl (C=O) groups is 1. The third-order valence-electron chi connectivity index (χ3n) is 2.87. The number of amides is 1. The number of nitrogens with zero attached hydrogens (tertiary/aromatic N) is 3. The predicted octanol–water partition coefficient (Wildman–Crippen LogP) is 0.824. The van der Waals surface area contributed by atoms with Crippen LogP contribution in [-0.4, -0.2) is 20.7 Å². The molecule has 0 radical (unpaired) electrons. The van der Waals surface area contributed by atoms with Gasteiger partial charge in [-0.2, -0.15) is 5.10 Å². The molecular weight excluding hydrogens is 256 g/mol. The summed E-state index contributed by atoms with van der Waals surface area (Å²) in [5.41, 5.74) is 1.16. The van der Waals surface area contributed by atoms with E-state index in [1.165, 1.54) is 10.7 Å². The average Bonchev–Trinajstić information content (AvgIpc) is 2.47. The molecule has 2 aromatic rings. The largest absolute Gasteiger partial charge is 0.349 e. The van der Waals surface area contributed by atoms with E-state index in [2.05, 4.69) is 15.4 Å². The van der Waals surface area contributed by atoms with Crippen molar-refractivity contribution in [2.75, 3.05) is 0 Å². The van der Waals surface area contributed by atoms with Crippen LogP contribution in [0.5, 0.6) is 0 Å². The lowest BCUT2D eigenvalue weighted by molar-refractivity contribution is -0.124. The van der Waals surface area contributed by atoms with Crippen molar-refractivity contribution < 1.29 is 4.79 Å². The van der Waals surface area contributed by atoms with Crippen molar-refractivity contribution in [1.29, 1.82) is 0 Å². The molecule has 6 heteroatoms. The van der Waals surface area contributed by atoms with Gasteiger partial charge in [0.15, 0.2) is 0 Å². The number of carbonyl (C=O) groups excluding carboxylic acids is 1. The highest BCUT2D eigenvalue weighted by Crippen LogP contribution is 2.02. The molecule has 2 rings (SSSR count). The molecule has 0 fully saturated rings. The average molecular weight is 272 g/mol. The second-order valence-electron chi connectivity index (χ2n) is 4.47. The summed E-state index contributed by atoms with van der Waals surface area (Å²) in [6, 6.07) is 7.85. The van der Waals surface area contributed by atoms with Gasteiger partial charge in [-0.15, -0.1) is 0 Å². The summed E-state index contributed by atoms with van der Waals surface area (Å²) >= 11 is 0. The normalized spacial score (nSPS) is 11.9. The highest BCUT2D eigenvalue weighted by molar-refractivity contribution is 5.79. The molecule has 0 bridgehead atoms. The topological polar surface area (TPSA) is 76.9 Å². The van der Waals surface area contributed by atoms with Gasteiger partial charge in [-0.1, -0.05) is 6.07 Å². The first-order valence-corrected chi connectivity index (χ1v) is 6.32. The fourth-order valence-electron chi connectivity index (χ4n) is 1.74. The molecule has 2 heterocycles. The zero-order chi connectivity index (χ0) is 14.5. The summed E-state index contributed by atoms with van der Waals surface area (Å²) in [7, 11) is 0. The first kappa shape index (κ1) is 13.9. The Morgan fingerprint density at radius 2 is 2.15 bits per heavy atom. The lowest BCUT2D eigenvalue weighted by Gasteiger charge is -2.14. The third kappa shape index (κ3) is 3.28. The molecule has 0 saturated carbocycles. The molecule has 0 aliphatic rings. The van der Waals surface area contributed by atoms with Crippen LogP contribution >= 0.6 is 0 Å². The van der Waals surface area contributed by atoms with Crippen LogP contribution in [0.4, 0.5) is 0 Å². The van der Waals surface area contributed by atoms with Crippen LogP contribution in [-0.2, 0) is 11.3 Å². The van der Waals surface area contributed by atoms with E-state index in [0.717, 1.165) is 5.69 Å². The number of aromatic nitrogens is 3. The van der Waals surface area contributed by atoms with Crippen LogP contribution in [0.1, 0.15) is 24.4 Å². The second kappa shape index (κ2) is 6.10. The Morgan fingerprint density at radius 1 is 1.35 bits per heavy atom. The van der Waals surface area contributed by atoms with Crippen LogP contribution in [0.2, 0.25) is 0 Å². The molecule has 1 atom stereocenters. The van der Waals surface area contributed by atoms with Crippen molar-refractivity contribution >= 4 is 5.91 Å². The maximum Gasteiger partial charge on any atom is 0.267 e. The van der Waals surface area contributed by atoms with Crippen LogP contribution in [0, 0.1) is 6.92 Å². The summed E-state index contributed by atoms with van der Waals surface area (Å²) in [5, 5.41) is 6.82. The summed E-state index contributed by atoms with van der Waals surface area (Å²) in [4.78, 5) is 27.9. The Labute approximate surface area is 116 Å². The summed E-state index contributed by atoms with van der Waals surface area (Å²) in [5.74, 6) is -0.268. The van der Waals surface area contributed by atoms with Crippen molar-refractivity contribution in [3.05, 3.63) is 58.3 Å². The zero-order valence-electron chi connectivity index (χ0n) is 11.4. The molecule has 0 saturated heterocycles. The van der Waals surface area contributed by atoms with E-state index in [9.17, 15) is 9.59 Å². The molecule has 0 aliphatic carbocycles. The number of rotatable bonds is 4. The smallest absolute Gasteiger partial charge is 0.267 e. The molecule has 104 valence electrons. The minimum Gasteiger partial charge on any atom is -0.349 e. The SMILES string of the molecule is Cc1ccc(=O)n(C(C)C(=O)NCc2ccccn2)n1. The van der Waals surface area contributed by atoms with Gasteiger partial charge in [0, 0.05) is 12.3 Å². The molecule has 1 unspecified atom stereocenters. The molecule has 1 amide bonds. The third-order valence-corrected chi connectivity index (χ3v) is 2.87. The highest BCUT2D eigenvalue weighted by atomic mass is 16.2. The maximum atomic E-state index is 12.0. The Hall–Kier alpha value is -2.50. The number of aryl methyl sites for hydroxylation is 1. The van der Waals surface area contributed by atoms with Gasteiger partial charge in [-0.05, 0) is 32.0 Å². The molecule has 20 heavy (non-hydrogen) atoms. The van der Waals surface area contributed by atoms with Gasteiger partial charge in [0.25, 0.3) is 5.56 Å². The van der Waals surface area contributed by atoms with Gasteiger partial charge >= 0.3 is 0 Å². The first-order valence-electron chi connectivity index (χ1n) is 6.32. The van der Waals surface area contributed by atoms with Crippen molar-refractivity contribution in [1.82, 2.24) is 20.1 Å². The van der Waals surface area contributed by atoms with Gasteiger partial charge in [-0.25, -0.2) is 4.68 Å². The number of hydrogen-bond donors (Lipinski definition) is 1. The van der Waals surface area contributed by atoms with Crippen LogP contribution < -0.4 is 10.9 Å². The van der Waals surface area contributed by atoms with E-state index in [0.29, 0.717) is 12.2 Å². The summed E-state index contributed by atoms with van der Waals surface area (Å²) < 4.78 is 1.18. The van der Waals surface area contributed by atoms with Gasteiger partial charge in [0.05, 0.1) is 17.9 Å². The quantitative estimate of drug-likeness (QED) is 0.894. The van der Waals surface area contributed by atoms with Crippen molar-refractivity contribution in [3.63, 3.8) is 0 Å². The van der Waals surface area contributed by atoms with Crippen LogP contribution in [0.25, 0.3) is 0 Å². The van der Waals surface area contributed by atoms with E-state index < -0.39 is 6.04 Å². The predicted molar refractivity (Wildman–Crippen MR) is 74.0 cm³/mol. The molecule has 0 aromatic carbocycles. The molecule has 0 spiro atoms. The van der Waals surface area contributed by atoms with E-state index >= 15 is 0 Å². The first-order chi connectivity index (χ1) is 9.58. The minimum atomic E-state index is -0.661. The van der Waals surface area contributed by atoms with Crippen molar-refractivity contribution in [3.8, 4) is 0 Å². The Kier molecular flexibility index (Phi) is 4.24. The zero-order valence-corrected chi connectivity index (χ0v) is 11.4. The van der Waals surface area contributed by atoms with Crippen molar-refractivity contribution in [2.24, 2.45) is 0 Å². The second-order valence-corrected chi connectivity index (χ2v) is 4.47. The molecule has 1 N–H and O–H groups in total. The number of pyridine rings is 1. The lowest BCUT2D eigenvalue weighted by atomic mass is 10.3.